The van der Waals surface area contributed by atoms with E-state index in [4.69, 9.17) is 5.73 Å². The lowest BCUT2D eigenvalue weighted by atomic mass is 10.2. The van der Waals surface area contributed by atoms with Gasteiger partial charge in [0.15, 0.2) is 0 Å². The van der Waals surface area contributed by atoms with Crippen molar-refractivity contribution in [3.8, 4) is 0 Å². The quantitative estimate of drug-likeness (QED) is 0.636. The first kappa shape index (κ1) is 13.7. The van der Waals surface area contributed by atoms with Gasteiger partial charge in [-0.2, -0.15) is 0 Å². The van der Waals surface area contributed by atoms with Crippen LogP contribution in [0, 0.1) is 6.92 Å². The van der Waals surface area contributed by atoms with Gasteiger partial charge < -0.3 is 5.73 Å². The fourth-order valence-electron chi connectivity index (χ4n) is 1.47. The van der Waals surface area contributed by atoms with E-state index in [1.54, 1.807) is 25.1 Å². The molecule has 1 rings (SSSR count). The molecule has 0 saturated carbocycles. The second-order valence-corrected chi connectivity index (χ2v) is 5.83. The SMILES string of the molecule is CC(C)=CCNS(=O)(=O)c1c(C)cccc1N. The lowest BCUT2D eigenvalue weighted by Crippen LogP contribution is -2.25. The molecule has 94 valence electrons. The van der Waals surface area contributed by atoms with Gasteiger partial charge in [0.25, 0.3) is 0 Å². The molecule has 0 aliphatic rings. The van der Waals surface area contributed by atoms with E-state index in [0.29, 0.717) is 5.56 Å². The number of nitrogen functional groups attached to an aromatic ring is 1. The van der Waals surface area contributed by atoms with Crippen LogP contribution in [0.1, 0.15) is 19.4 Å². The summed E-state index contributed by atoms with van der Waals surface area (Å²) in [6.45, 7) is 5.83. The molecular weight excluding hydrogens is 236 g/mol. The number of anilines is 1. The summed E-state index contributed by atoms with van der Waals surface area (Å²) in [5, 5.41) is 0. The molecule has 0 aliphatic carbocycles. The Balaban J connectivity index is 3.02. The van der Waals surface area contributed by atoms with E-state index in [-0.39, 0.29) is 17.1 Å². The van der Waals surface area contributed by atoms with Crippen molar-refractivity contribution in [2.45, 2.75) is 25.7 Å². The Bertz CT molecular complexity index is 509. The van der Waals surface area contributed by atoms with Crippen molar-refractivity contribution in [3.05, 3.63) is 35.4 Å². The van der Waals surface area contributed by atoms with Crippen molar-refractivity contribution in [2.75, 3.05) is 12.3 Å². The Morgan fingerprint density at radius 2 is 2.06 bits per heavy atom. The number of rotatable bonds is 4. The van der Waals surface area contributed by atoms with Gasteiger partial charge in [-0.3, -0.25) is 0 Å². The molecule has 0 spiro atoms. The molecule has 0 unspecified atom stereocenters. The Kier molecular flexibility index (Phi) is 4.31. The van der Waals surface area contributed by atoms with E-state index in [1.807, 2.05) is 19.9 Å². The average molecular weight is 254 g/mol. The zero-order valence-corrected chi connectivity index (χ0v) is 11.1. The molecule has 0 aliphatic heterocycles. The molecule has 1 aromatic rings. The average Bonchev–Trinajstić information content (AvgIpc) is 2.15. The van der Waals surface area contributed by atoms with Crippen LogP contribution in [0.4, 0.5) is 5.69 Å². The van der Waals surface area contributed by atoms with Gasteiger partial charge >= 0.3 is 0 Å². The minimum absolute atomic E-state index is 0.169. The number of hydrogen-bond acceptors (Lipinski definition) is 3. The fourth-order valence-corrected chi connectivity index (χ4v) is 2.79. The molecular formula is C12H18N2O2S. The molecule has 3 N–H and O–H groups in total. The van der Waals surface area contributed by atoms with E-state index in [0.717, 1.165) is 5.57 Å². The van der Waals surface area contributed by atoms with Gasteiger partial charge in [0.05, 0.1) is 5.69 Å². The topological polar surface area (TPSA) is 72.2 Å². The first-order valence-electron chi connectivity index (χ1n) is 5.32. The fraction of sp³-hybridized carbons (Fsp3) is 0.333. The first-order valence-corrected chi connectivity index (χ1v) is 6.81. The van der Waals surface area contributed by atoms with Crippen LogP contribution in [-0.4, -0.2) is 15.0 Å². The normalized spacial score (nSPS) is 11.2. The molecule has 0 amide bonds. The Labute approximate surface area is 103 Å². The number of allylic oxidation sites excluding steroid dienone is 1. The minimum Gasteiger partial charge on any atom is -0.398 e. The van der Waals surface area contributed by atoms with Crippen molar-refractivity contribution in [1.29, 1.82) is 0 Å². The van der Waals surface area contributed by atoms with Gasteiger partial charge in [0.2, 0.25) is 10.0 Å². The highest BCUT2D eigenvalue weighted by Crippen LogP contribution is 2.21. The van der Waals surface area contributed by atoms with Gasteiger partial charge in [-0.15, -0.1) is 0 Å². The predicted octanol–water partition coefficient (Wildman–Crippen LogP) is 1.82. The summed E-state index contributed by atoms with van der Waals surface area (Å²) in [6.07, 6.45) is 1.81. The number of hydrogen-bond donors (Lipinski definition) is 2. The molecule has 0 saturated heterocycles. The predicted molar refractivity (Wildman–Crippen MR) is 70.2 cm³/mol. The standard InChI is InChI=1S/C12H18N2O2S/c1-9(2)7-8-14-17(15,16)12-10(3)5-4-6-11(12)13/h4-7,14H,8,13H2,1-3H3. The third kappa shape index (κ3) is 3.57. The van der Waals surface area contributed by atoms with Crippen molar-refractivity contribution >= 4 is 15.7 Å². The number of benzene rings is 1. The minimum atomic E-state index is -3.54. The number of aryl methyl sites for hydroxylation is 1. The van der Waals surface area contributed by atoms with Crippen molar-refractivity contribution in [3.63, 3.8) is 0 Å². The zero-order chi connectivity index (χ0) is 13.1. The second-order valence-electron chi connectivity index (χ2n) is 4.13. The molecule has 5 heteroatoms. The van der Waals surface area contributed by atoms with Crippen LogP contribution in [0.3, 0.4) is 0 Å². The lowest BCUT2D eigenvalue weighted by Gasteiger charge is -2.10. The van der Waals surface area contributed by atoms with Crippen LogP contribution in [0.2, 0.25) is 0 Å². The second kappa shape index (κ2) is 5.33. The van der Waals surface area contributed by atoms with E-state index in [2.05, 4.69) is 4.72 Å². The van der Waals surface area contributed by atoms with E-state index >= 15 is 0 Å². The molecule has 0 heterocycles. The molecule has 0 atom stereocenters. The molecule has 0 radical (unpaired) electrons. The maximum absolute atomic E-state index is 12.0. The van der Waals surface area contributed by atoms with Gasteiger partial charge in [0, 0.05) is 6.54 Å². The van der Waals surface area contributed by atoms with E-state index in [9.17, 15) is 8.42 Å². The summed E-state index contributed by atoms with van der Waals surface area (Å²) in [6, 6.07) is 5.05. The maximum Gasteiger partial charge on any atom is 0.243 e. The number of nitrogens with one attached hydrogen (secondary N) is 1. The van der Waals surface area contributed by atoms with Gasteiger partial charge in [-0.25, -0.2) is 13.1 Å². The zero-order valence-electron chi connectivity index (χ0n) is 10.3. The number of nitrogens with two attached hydrogens (primary N) is 1. The molecule has 0 fully saturated rings. The van der Waals surface area contributed by atoms with E-state index in [1.165, 1.54) is 0 Å². The van der Waals surface area contributed by atoms with Crippen molar-refractivity contribution < 1.29 is 8.42 Å². The summed E-state index contributed by atoms with van der Waals surface area (Å²) in [4.78, 5) is 0.169. The molecule has 1 aromatic carbocycles. The Hall–Kier alpha value is -1.33. The van der Waals surface area contributed by atoms with Crippen LogP contribution < -0.4 is 10.5 Å². The third-order valence-corrected chi connectivity index (χ3v) is 3.94. The van der Waals surface area contributed by atoms with Crippen LogP contribution in [0.25, 0.3) is 0 Å². The summed E-state index contributed by atoms with van der Waals surface area (Å²) in [5.74, 6) is 0. The Morgan fingerprint density at radius 3 is 2.59 bits per heavy atom. The van der Waals surface area contributed by atoms with Crippen LogP contribution in [0.5, 0.6) is 0 Å². The summed E-state index contributed by atoms with van der Waals surface area (Å²) in [7, 11) is -3.54. The van der Waals surface area contributed by atoms with Gasteiger partial charge in [-0.05, 0) is 32.4 Å². The van der Waals surface area contributed by atoms with Crippen LogP contribution in [0.15, 0.2) is 34.7 Å². The maximum atomic E-state index is 12.0. The van der Waals surface area contributed by atoms with E-state index < -0.39 is 10.0 Å². The molecule has 17 heavy (non-hydrogen) atoms. The summed E-state index contributed by atoms with van der Waals surface area (Å²) < 4.78 is 26.6. The summed E-state index contributed by atoms with van der Waals surface area (Å²) in [5.41, 5.74) is 7.69. The van der Waals surface area contributed by atoms with Crippen LogP contribution in [-0.2, 0) is 10.0 Å². The molecule has 0 bridgehead atoms. The van der Waals surface area contributed by atoms with Crippen molar-refractivity contribution in [2.24, 2.45) is 0 Å². The monoisotopic (exact) mass is 254 g/mol. The molecule has 0 aromatic heterocycles. The van der Waals surface area contributed by atoms with Gasteiger partial charge in [0.1, 0.15) is 4.90 Å². The smallest absolute Gasteiger partial charge is 0.243 e. The van der Waals surface area contributed by atoms with Crippen LogP contribution >= 0.6 is 0 Å². The number of sulfonamides is 1. The van der Waals surface area contributed by atoms with Crippen molar-refractivity contribution in [1.82, 2.24) is 4.72 Å². The lowest BCUT2D eigenvalue weighted by molar-refractivity contribution is 0.585. The largest absolute Gasteiger partial charge is 0.398 e. The highest BCUT2D eigenvalue weighted by Gasteiger charge is 2.18. The van der Waals surface area contributed by atoms with Gasteiger partial charge in [-0.1, -0.05) is 23.8 Å². The summed E-state index contributed by atoms with van der Waals surface area (Å²) >= 11 is 0. The highest BCUT2D eigenvalue weighted by molar-refractivity contribution is 7.89. The third-order valence-electron chi connectivity index (χ3n) is 2.29. The first-order chi connectivity index (χ1) is 7.84. The Morgan fingerprint density at radius 1 is 1.41 bits per heavy atom. The molecule has 4 nitrogen and oxygen atoms in total. The highest BCUT2D eigenvalue weighted by atomic mass is 32.2.